The number of halogens is 1. The van der Waals surface area contributed by atoms with E-state index < -0.39 is 5.95 Å². The van der Waals surface area contributed by atoms with E-state index in [2.05, 4.69) is 4.98 Å². The van der Waals surface area contributed by atoms with Crippen LogP contribution >= 0.6 is 0 Å². The number of aromatic nitrogens is 1. The van der Waals surface area contributed by atoms with Gasteiger partial charge in [0.05, 0.1) is 6.54 Å². The highest BCUT2D eigenvalue weighted by molar-refractivity contribution is 5.92. The van der Waals surface area contributed by atoms with E-state index in [1.807, 2.05) is 4.90 Å². The maximum atomic E-state index is 13.0. The van der Waals surface area contributed by atoms with Gasteiger partial charge in [0.25, 0.3) is 5.91 Å². The molecule has 1 aliphatic heterocycles. The van der Waals surface area contributed by atoms with Crippen molar-refractivity contribution in [2.45, 2.75) is 0 Å². The monoisotopic (exact) mass is 294 g/mol. The van der Waals surface area contributed by atoms with Crippen LogP contribution in [0, 0.1) is 5.95 Å². The first-order valence-corrected chi connectivity index (χ1v) is 6.81. The lowest BCUT2D eigenvalue weighted by Gasteiger charge is -2.34. The van der Waals surface area contributed by atoms with Gasteiger partial charge in [-0.3, -0.25) is 14.5 Å². The van der Waals surface area contributed by atoms with Crippen LogP contribution < -0.4 is 0 Å². The summed E-state index contributed by atoms with van der Waals surface area (Å²) < 4.78 is 13.0. The van der Waals surface area contributed by atoms with E-state index in [4.69, 9.17) is 0 Å². The molecule has 1 aliphatic rings. The van der Waals surface area contributed by atoms with Crippen molar-refractivity contribution in [3.8, 4) is 0 Å². The molecule has 7 heteroatoms. The molecule has 0 aliphatic carbocycles. The van der Waals surface area contributed by atoms with Crippen molar-refractivity contribution in [3.05, 3.63) is 29.8 Å². The highest BCUT2D eigenvalue weighted by Gasteiger charge is 2.24. The number of nitrogens with zero attached hydrogens (tertiary/aromatic N) is 4. The summed E-state index contributed by atoms with van der Waals surface area (Å²) in [7, 11) is 3.44. The first kappa shape index (κ1) is 15.4. The van der Waals surface area contributed by atoms with Crippen molar-refractivity contribution >= 4 is 11.8 Å². The minimum absolute atomic E-state index is 0.0431. The van der Waals surface area contributed by atoms with Crippen molar-refractivity contribution in [2.24, 2.45) is 0 Å². The summed E-state index contributed by atoms with van der Waals surface area (Å²) in [4.78, 5) is 32.6. The average Bonchev–Trinajstić information content (AvgIpc) is 2.47. The Morgan fingerprint density at radius 1 is 1.24 bits per heavy atom. The number of piperazine rings is 1. The van der Waals surface area contributed by atoms with Crippen molar-refractivity contribution in [3.63, 3.8) is 0 Å². The molecule has 21 heavy (non-hydrogen) atoms. The van der Waals surface area contributed by atoms with Gasteiger partial charge in [0.15, 0.2) is 0 Å². The van der Waals surface area contributed by atoms with E-state index in [0.717, 1.165) is 0 Å². The number of hydrogen-bond acceptors (Lipinski definition) is 4. The molecule has 0 bridgehead atoms. The molecular formula is C14H19FN4O2. The predicted octanol–water partition coefficient (Wildman–Crippen LogP) is 0.0667. The number of amides is 2. The molecule has 0 saturated carbocycles. The summed E-state index contributed by atoms with van der Waals surface area (Å²) in [5, 5.41) is 0. The Balaban J connectivity index is 1.89. The smallest absolute Gasteiger partial charge is 0.272 e. The molecule has 2 heterocycles. The fourth-order valence-corrected chi connectivity index (χ4v) is 2.13. The predicted molar refractivity (Wildman–Crippen MR) is 75.2 cm³/mol. The maximum absolute atomic E-state index is 13.0. The Labute approximate surface area is 123 Å². The third-order valence-electron chi connectivity index (χ3n) is 3.45. The third-order valence-corrected chi connectivity index (χ3v) is 3.45. The van der Waals surface area contributed by atoms with Crippen molar-refractivity contribution < 1.29 is 14.0 Å². The standard InChI is InChI=1S/C14H19FN4O2/c1-17(2)13(20)10-18-6-8-19(9-7-18)14(21)11-4-3-5-12(15)16-11/h3-5H,6-10H2,1-2H3. The molecular weight excluding hydrogens is 275 g/mol. The molecule has 2 rings (SSSR count). The van der Waals surface area contributed by atoms with Gasteiger partial charge in [-0.15, -0.1) is 0 Å². The van der Waals surface area contributed by atoms with E-state index in [9.17, 15) is 14.0 Å². The van der Waals surface area contributed by atoms with Crippen LogP contribution in [0.4, 0.5) is 4.39 Å². The van der Waals surface area contributed by atoms with Crippen LogP contribution in [0.1, 0.15) is 10.5 Å². The lowest BCUT2D eigenvalue weighted by molar-refractivity contribution is -0.130. The lowest BCUT2D eigenvalue weighted by atomic mass is 10.2. The molecule has 0 radical (unpaired) electrons. The Morgan fingerprint density at radius 3 is 2.48 bits per heavy atom. The van der Waals surface area contributed by atoms with Crippen LogP contribution in [-0.2, 0) is 4.79 Å². The zero-order valence-corrected chi connectivity index (χ0v) is 12.3. The van der Waals surface area contributed by atoms with Gasteiger partial charge in [0.2, 0.25) is 11.9 Å². The number of hydrogen-bond donors (Lipinski definition) is 0. The van der Waals surface area contributed by atoms with Crippen molar-refractivity contribution in [1.29, 1.82) is 0 Å². The molecule has 0 N–H and O–H groups in total. The Bertz CT molecular complexity index is 527. The van der Waals surface area contributed by atoms with Crippen LogP contribution in [0.15, 0.2) is 18.2 Å². The number of carbonyl (C=O) groups excluding carboxylic acids is 2. The van der Waals surface area contributed by atoms with E-state index in [0.29, 0.717) is 32.7 Å². The fourth-order valence-electron chi connectivity index (χ4n) is 2.13. The van der Waals surface area contributed by atoms with Crippen LogP contribution in [0.2, 0.25) is 0 Å². The summed E-state index contributed by atoms with van der Waals surface area (Å²) in [6.07, 6.45) is 0. The second kappa shape index (κ2) is 6.62. The Hall–Kier alpha value is -2.02. The van der Waals surface area contributed by atoms with Crippen molar-refractivity contribution in [2.75, 3.05) is 46.8 Å². The van der Waals surface area contributed by atoms with Gasteiger partial charge in [0, 0.05) is 40.3 Å². The number of rotatable bonds is 3. The molecule has 1 aromatic heterocycles. The zero-order valence-electron chi connectivity index (χ0n) is 12.3. The SMILES string of the molecule is CN(C)C(=O)CN1CCN(C(=O)c2cccc(F)n2)CC1. The van der Waals surface area contributed by atoms with E-state index in [1.165, 1.54) is 18.2 Å². The average molecular weight is 294 g/mol. The zero-order chi connectivity index (χ0) is 15.4. The summed E-state index contributed by atoms with van der Waals surface area (Å²) in [5.41, 5.74) is 0.118. The second-order valence-electron chi connectivity index (χ2n) is 5.20. The highest BCUT2D eigenvalue weighted by atomic mass is 19.1. The van der Waals surface area contributed by atoms with E-state index in [1.54, 1.807) is 23.9 Å². The summed E-state index contributed by atoms with van der Waals surface area (Å²) >= 11 is 0. The Kier molecular flexibility index (Phi) is 4.85. The normalized spacial score (nSPS) is 15.9. The molecule has 1 aromatic rings. The molecule has 1 saturated heterocycles. The molecule has 6 nitrogen and oxygen atoms in total. The highest BCUT2D eigenvalue weighted by Crippen LogP contribution is 2.08. The molecule has 1 fully saturated rings. The van der Waals surface area contributed by atoms with Gasteiger partial charge in [-0.1, -0.05) is 6.07 Å². The van der Waals surface area contributed by atoms with Crippen LogP contribution in [0.5, 0.6) is 0 Å². The first-order chi connectivity index (χ1) is 9.97. The molecule has 2 amide bonds. The quantitative estimate of drug-likeness (QED) is 0.740. The van der Waals surface area contributed by atoms with Crippen LogP contribution in [0.25, 0.3) is 0 Å². The van der Waals surface area contributed by atoms with Crippen molar-refractivity contribution in [1.82, 2.24) is 19.7 Å². The molecule has 0 atom stereocenters. The van der Waals surface area contributed by atoms with Gasteiger partial charge in [-0.2, -0.15) is 4.39 Å². The van der Waals surface area contributed by atoms with E-state index in [-0.39, 0.29) is 17.5 Å². The number of pyridine rings is 1. The van der Waals surface area contributed by atoms with Gasteiger partial charge >= 0.3 is 0 Å². The van der Waals surface area contributed by atoms with Gasteiger partial charge in [0.1, 0.15) is 5.69 Å². The van der Waals surface area contributed by atoms with Crippen LogP contribution in [-0.4, -0.2) is 78.3 Å². The van der Waals surface area contributed by atoms with E-state index >= 15 is 0 Å². The fraction of sp³-hybridized carbons (Fsp3) is 0.500. The largest absolute Gasteiger partial charge is 0.348 e. The summed E-state index contributed by atoms with van der Waals surface area (Å²) in [5.74, 6) is -0.884. The third kappa shape index (κ3) is 3.98. The maximum Gasteiger partial charge on any atom is 0.272 e. The van der Waals surface area contributed by atoms with Crippen LogP contribution in [0.3, 0.4) is 0 Å². The number of carbonyl (C=O) groups is 2. The molecule has 0 aromatic carbocycles. The number of likely N-dealkylation sites (N-methyl/N-ethyl adjacent to an activating group) is 1. The molecule has 0 unspecified atom stereocenters. The second-order valence-corrected chi connectivity index (χ2v) is 5.20. The van der Waals surface area contributed by atoms with Gasteiger partial charge in [-0.25, -0.2) is 4.98 Å². The molecule has 114 valence electrons. The van der Waals surface area contributed by atoms with Gasteiger partial charge in [-0.05, 0) is 12.1 Å². The summed E-state index contributed by atoms with van der Waals surface area (Å²) in [6, 6.07) is 4.19. The lowest BCUT2D eigenvalue weighted by Crippen LogP contribution is -2.51. The molecule has 0 spiro atoms. The topological polar surface area (TPSA) is 56.8 Å². The Morgan fingerprint density at radius 2 is 1.90 bits per heavy atom. The van der Waals surface area contributed by atoms with Gasteiger partial charge < -0.3 is 9.80 Å². The summed E-state index contributed by atoms with van der Waals surface area (Å²) in [6.45, 7) is 2.63. The minimum Gasteiger partial charge on any atom is -0.348 e. The minimum atomic E-state index is -0.656. The first-order valence-electron chi connectivity index (χ1n) is 6.81.